The summed E-state index contributed by atoms with van der Waals surface area (Å²) in [5.41, 5.74) is 10.6. The summed E-state index contributed by atoms with van der Waals surface area (Å²) in [5.74, 6) is 0. The highest BCUT2D eigenvalue weighted by Gasteiger charge is 2.19. The first-order valence-corrected chi connectivity index (χ1v) is 7.63. The van der Waals surface area contributed by atoms with E-state index in [1.165, 1.54) is 11.3 Å². The van der Waals surface area contributed by atoms with Crippen LogP contribution in [0.15, 0.2) is 42.5 Å². The molecule has 1 heterocycles. The predicted octanol–water partition coefficient (Wildman–Crippen LogP) is 3.56. The number of nitrogen functional groups attached to an aromatic ring is 1. The highest BCUT2D eigenvalue weighted by atomic mass is 35.5. The molecule has 4 heteroatoms. The van der Waals surface area contributed by atoms with Crippen LogP contribution in [0.5, 0.6) is 0 Å². The van der Waals surface area contributed by atoms with Crippen LogP contribution >= 0.6 is 11.6 Å². The van der Waals surface area contributed by atoms with Gasteiger partial charge in [-0.15, -0.1) is 0 Å². The minimum atomic E-state index is 0.782. The molecule has 2 N–H and O–H groups in total. The van der Waals surface area contributed by atoms with Crippen LogP contribution < -0.4 is 15.5 Å². The maximum absolute atomic E-state index is 6.11. The lowest BCUT2D eigenvalue weighted by Crippen LogP contribution is -2.46. The Morgan fingerprint density at radius 2 is 1.52 bits per heavy atom. The van der Waals surface area contributed by atoms with E-state index < -0.39 is 0 Å². The van der Waals surface area contributed by atoms with E-state index in [4.69, 9.17) is 17.3 Å². The van der Waals surface area contributed by atoms with Crippen LogP contribution in [0.25, 0.3) is 0 Å². The number of aryl methyl sites for hydroxylation is 1. The molecule has 0 aromatic heterocycles. The lowest BCUT2D eigenvalue weighted by Gasteiger charge is -2.38. The van der Waals surface area contributed by atoms with Gasteiger partial charge in [-0.1, -0.05) is 17.7 Å². The normalized spacial score (nSPS) is 15.3. The van der Waals surface area contributed by atoms with Gasteiger partial charge >= 0.3 is 0 Å². The van der Waals surface area contributed by atoms with Gasteiger partial charge in [0, 0.05) is 36.9 Å². The van der Waals surface area contributed by atoms with Crippen molar-refractivity contribution in [1.29, 1.82) is 0 Å². The van der Waals surface area contributed by atoms with Crippen molar-refractivity contribution in [1.82, 2.24) is 0 Å². The zero-order valence-corrected chi connectivity index (χ0v) is 13.0. The average Bonchev–Trinajstić information content (AvgIpc) is 2.51. The standard InChI is InChI=1S/C17H20ClN3/c1-13-2-7-16(19)17(12-13)21-10-8-20(9-11-21)15-5-3-14(18)4-6-15/h2-7,12H,8-11,19H2,1H3. The summed E-state index contributed by atoms with van der Waals surface area (Å²) in [6.07, 6.45) is 0. The first-order valence-electron chi connectivity index (χ1n) is 7.25. The Labute approximate surface area is 130 Å². The van der Waals surface area contributed by atoms with Gasteiger partial charge in [-0.3, -0.25) is 0 Å². The summed E-state index contributed by atoms with van der Waals surface area (Å²) in [7, 11) is 0. The fourth-order valence-corrected chi connectivity index (χ4v) is 2.91. The Kier molecular flexibility index (Phi) is 3.93. The second-order valence-corrected chi connectivity index (χ2v) is 5.95. The van der Waals surface area contributed by atoms with Crippen molar-refractivity contribution < 1.29 is 0 Å². The third-order valence-electron chi connectivity index (χ3n) is 4.00. The highest BCUT2D eigenvalue weighted by molar-refractivity contribution is 6.30. The molecule has 3 nitrogen and oxygen atoms in total. The van der Waals surface area contributed by atoms with Gasteiger partial charge in [0.25, 0.3) is 0 Å². The first kappa shape index (κ1) is 14.1. The van der Waals surface area contributed by atoms with E-state index in [-0.39, 0.29) is 0 Å². The molecule has 1 aliphatic heterocycles. The van der Waals surface area contributed by atoms with Gasteiger partial charge in [0.1, 0.15) is 0 Å². The summed E-state index contributed by atoms with van der Waals surface area (Å²) in [6.45, 7) is 6.06. The van der Waals surface area contributed by atoms with Crippen LogP contribution in [0, 0.1) is 6.92 Å². The van der Waals surface area contributed by atoms with Gasteiger partial charge in [0.2, 0.25) is 0 Å². The molecule has 1 saturated heterocycles. The van der Waals surface area contributed by atoms with E-state index in [1.54, 1.807) is 0 Å². The number of halogens is 1. The molecule has 0 bridgehead atoms. The summed E-state index contributed by atoms with van der Waals surface area (Å²) >= 11 is 5.95. The fourth-order valence-electron chi connectivity index (χ4n) is 2.79. The van der Waals surface area contributed by atoms with E-state index in [0.29, 0.717) is 0 Å². The van der Waals surface area contributed by atoms with Gasteiger partial charge in [-0.05, 0) is 48.9 Å². The molecule has 0 amide bonds. The number of hydrogen-bond acceptors (Lipinski definition) is 3. The van der Waals surface area contributed by atoms with Crippen LogP contribution in [0.4, 0.5) is 17.1 Å². The second kappa shape index (κ2) is 5.86. The third-order valence-corrected chi connectivity index (χ3v) is 4.25. The van der Waals surface area contributed by atoms with Gasteiger partial charge in [-0.25, -0.2) is 0 Å². The van der Waals surface area contributed by atoms with E-state index >= 15 is 0 Å². The van der Waals surface area contributed by atoms with Crippen LogP contribution in [-0.2, 0) is 0 Å². The molecule has 0 aliphatic carbocycles. The predicted molar refractivity (Wildman–Crippen MR) is 91.5 cm³/mol. The van der Waals surface area contributed by atoms with E-state index in [0.717, 1.165) is 42.6 Å². The van der Waals surface area contributed by atoms with Gasteiger partial charge in [0.05, 0.1) is 11.4 Å². The number of hydrogen-bond donors (Lipinski definition) is 1. The molecule has 21 heavy (non-hydrogen) atoms. The highest BCUT2D eigenvalue weighted by Crippen LogP contribution is 2.27. The van der Waals surface area contributed by atoms with Crippen molar-refractivity contribution in [3.63, 3.8) is 0 Å². The smallest absolute Gasteiger partial charge is 0.0603 e. The number of rotatable bonds is 2. The zero-order chi connectivity index (χ0) is 14.8. The van der Waals surface area contributed by atoms with Gasteiger partial charge < -0.3 is 15.5 Å². The van der Waals surface area contributed by atoms with Crippen molar-refractivity contribution in [2.24, 2.45) is 0 Å². The zero-order valence-electron chi connectivity index (χ0n) is 12.2. The molecule has 1 fully saturated rings. The molecule has 1 aliphatic rings. The molecule has 0 unspecified atom stereocenters. The number of benzene rings is 2. The number of nitrogens with two attached hydrogens (primary N) is 1. The van der Waals surface area contributed by atoms with Crippen LogP contribution in [-0.4, -0.2) is 26.2 Å². The minimum Gasteiger partial charge on any atom is -0.397 e. The Bertz CT molecular complexity index is 616. The maximum Gasteiger partial charge on any atom is 0.0603 e. The van der Waals surface area contributed by atoms with Crippen molar-refractivity contribution in [2.75, 3.05) is 41.7 Å². The Morgan fingerprint density at radius 3 is 2.19 bits per heavy atom. The summed E-state index contributed by atoms with van der Waals surface area (Å²) < 4.78 is 0. The lowest BCUT2D eigenvalue weighted by molar-refractivity contribution is 0.654. The number of nitrogens with zero attached hydrogens (tertiary/aromatic N) is 2. The SMILES string of the molecule is Cc1ccc(N)c(N2CCN(c3ccc(Cl)cc3)CC2)c1. The quantitative estimate of drug-likeness (QED) is 0.861. The van der Waals surface area contributed by atoms with E-state index in [1.807, 2.05) is 18.2 Å². The van der Waals surface area contributed by atoms with Crippen LogP contribution in [0.2, 0.25) is 5.02 Å². The molecule has 0 saturated carbocycles. The Balaban J connectivity index is 1.70. The molecule has 2 aromatic rings. The molecule has 110 valence electrons. The summed E-state index contributed by atoms with van der Waals surface area (Å²) in [6, 6.07) is 14.3. The molecule has 3 rings (SSSR count). The Morgan fingerprint density at radius 1 is 0.905 bits per heavy atom. The molecular weight excluding hydrogens is 282 g/mol. The van der Waals surface area contributed by atoms with E-state index in [9.17, 15) is 0 Å². The van der Waals surface area contributed by atoms with Crippen LogP contribution in [0.1, 0.15) is 5.56 Å². The first-order chi connectivity index (χ1) is 10.1. The second-order valence-electron chi connectivity index (χ2n) is 5.51. The average molecular weight is 302 g/mol. The van der Waals surface area contributed by atoms with E-state index in [2.05, 4.69) is 41.0 Å². The Hall–Kier alpha value is -1.87. The molecule has 0 radical (unpaired) electrons. The van der Waals surface area contributed by atoms with Crippen molar-refractivity contribution in [3.8, 4) is 0 Å². The largest absolute Gasteiger partial charge is 0.397 e. The topological polar surface area (TPSA) is 32.5 Å². The molecule has 0 spiro atoms. The number of piperazine rings is 1. The van der Waals surface area contributed by atoms with Gasteiger partial charge in [-0.2, -0.15) is 0 Å². The molecule has 2 aromatic carbocycles. The minimum absolute atomic E-state index is 0.782. The molecule has 0 atom stereocenters. The van der Waals surface area contributed by atoms with Crippen LogP contribution in [0.3, 0.4) is 0 Å². The maximum atomic E-state index is 6.11. The van der Waals surface area contributed by atoms with Crippen molar-refractivity contribution in [2.45, 2.75) is 6.92 Å². The van der Waals surface area contributed by atoms with Crippen molar-refractivity contribution in [3.05, 3.63) is 53.1 Å². The monoisotopic (exact) mass is 301 g/mol. The lowest BCUT2D eigenvalue weighted by atomic mass is 10.1. The fraction of sp³-hybridized carbons (Fsp3) is 0.294. The third kappa shape index (κ3) is 3.08. The summed E-state index contributed by atoms with van der Waals surface area (Å²) in [5, 5.41) is 0.782. The van der Waals surface area contributed by atoms with Gasteiger partial charge in [0.15, 0.2) is 0 Å². The number of anilines is 3. The van der Waals surface area contributed by atoms with Crippen molar-refractivity contribution >= 4 is 28.7 Å². The molecular formula is C17H20ClN3. The summed E-state index contributed by atoms with van der Waals surface area (Å²) in [4.78, 5) is 4.76.